The summed E-state index contributed by atoms with van der Waals surface area (Å²) < 4.78 is 4.10. The van der Waals surface area contributed by atoms with E-state index in [9.17, 15) is 0 Å². The van der Waals surface area contributed by atoms with E-state index in [0.717, 1.165) is 37.6 Å². The Hall–Kier alpha value is -1.62. The molecule has 18 heavy (non-hydrogen) atoms. The molecule has 5 heteroatoms. The first-order chi connectivity index (χ1) is 8.70. The van der Waals surface area contributed by atoms with Gasteiger partial charge < -0.3 is 9.88 Å². The van der Waals surface area contributed by atoms with Gasteiger partial charge in [-0.2, -0.15) is 5.10 Å². The van der Waals surface area contributed by atoms with Gasteiger partial charge in [0, 0.05) is 45.5 Å². The minimum atomic E-state index is 0.860. The molecular weight excluding hydrogens is 226 g/mol. The fourth-order valence-corrected chi connectivity index (χ4v) is 2.07. The van der Waals surface area contributed by atoms with E-state index in [2.05, 4.69) is 33.0 Å². The van der Waals surface area contributed by atoms with E-state index in [1.165, 1.54) is 5.69 Å². The molecule has 2 aromatic rings. The molecule has 2 rings (SSSR count). The van der Waals surface area contributed by atoms with Crippen LogP contribution in [0.3, 0.4) is 0 Å². The van der Waals surface area contributed by atoms with Crippen molar-refractivity contribution in [1.82, 2.24) is 24.6 Å². The van der Waals surface area contributed by atoms with Crippen LogP contribution in [-0.4, -0.2) is 25.9 Å². The molecule has 0 amide bonds. The van der Waals surface area contributed by atoms with Gasteiger partial charge in [0.15, 0.2) is 0 Å². The normalized spacial score (nSPS) is 11.1. The van der Waals surface area contributed by atoms with E-state index in [4.69, 9.17) is 0 Å². The van der Waals surface area contributed by atoms with Crippen LogP contribution in [0.15, 0.2) is 18.5 Å². The molecule has 1 N–H and O–H groups in total. The van der Waals surface area contributed by atoms with Crippen molar-refractivity contribution in [2.45, 2.75) is 33.4 Å². The zero-order valence-electron chi connectivity index (χ0n) is 11.3. The summed E-state index contributed by atoms with van der Waals surface area (Å²) in [5.41, 5.74) is 2.33. The lowest BCUT2D eigenvalue weighted by Gasteiger charge is -2.06. The summed E-state index contributed by atoms with van der Waals surface area (Å²) in [4.78, 5) is 4.30. The fraction of sp³-hybridized carbons (Fsp3) is 0.538. The highest BCUT2D eigenvalue weighted by Gasteiger charge is 2.03. The Balaban J connectivity index is 1.80. The number of aryl methyl sites for hydroxylation is 3. The van der Waals surface area contributed by atoms with Gasteiger partial charge in [0.1, 0.15) is 5.82 Å². The second-order valence-electron chi connectivity index (χ2n) is 4.47. The largest absolute Gasteiger partial charge is 0.338 e. The van der Waals surface area contributed by atoms with Crippen molar-refractivity contribution in [2.24, 2.45) is 7.05 Å². The van der Waals surface area contributed by atoms with Crippen molar-refractivity contribution in [3.05, 3.63) is 35.7 Å². The van der Waals surface area contributed by atoms with Crippen LogP contribution >= 0.6 is 0 Å². The number of imidazole rings is 1. The van der Waals surface area contributed by atoms with Crippen LogP contribution in [0.25, 0.3) is 0 Å². The maximum atomic E-state index is 4.43. The van der Waals surface area contributed by atoms with E-state index in [1.54, 1.807) is 0 Å². The topological polar surface area (TPSA) is 47.7 Å². The maximum absolute atomic E-state index is 4.43. The summed E-state index contributed by atoms with van der Waals surface area (Å²) in [5.74, 6) is 1.11. The summed E-state index contributed by atoms with van der Waals surface area (Å²) in [6, 6.07) is 2.14. The standard InChI is InChI=1S/C13H21N5/c1-4-18-12(9-11(2)16-18)10-14-6-5-13-15-7-8-17(13)3/h7-9,14H,4-6,10H2,1-3H3. The molecular formula is C13H21N5. The van der Waals surface area contributed by atoms with Gasteiger partial charge in [-0.05, 0) is 19.9 Å². The first-order valence-electron chi connectivity index (χ1n) is 6.41. The molecule has 0 aliphatic rings. The SMILES string of the molecule is CCn1nc(C)cc1CNCCc1nccn1C. The van der Waals surface area contributed by atoms with E-state index in [1.807, 2.05) is 31.0 Å². The first kappa shape index (κ1) is 12.8. The number of hydrogen-bond acceptors (Lipinski definition) is 3. The third-order valence-corrected chi connectivity index (χ3v) is 3.04. The molecule has 0 aliphatic heterocycles. The van der Waals surface area contributed by atoms with Crippen LogP contribution in [0, 0.1) is 6.92 Å². The average Bonchev–Trinajstić information content (AvgIpc) is 2.91. The molecule has 0 fully saturated rings. The summed E-state index contributed by atoms with van der Waals surface area (Å²) in [6.07, 6.45) is 4.76. The highest BCUT2D eigenvalue weighted by molar-refractivity contribution is 5.08. The molecule has 0 saturated heterocycles. The van der Waals surface area contributed by atoms with Crippen LogP contribution in [0.4, 0.5) is 0 Å². The summed E-state index contributed by atoms with van der Waals surface area (Å²) >= 11 is 0. The van der Waals surface area contributed by atoms with Crippen molar-refractivity contribution < 1.29 is 0 Å². The monoisotopic (exact) mass is 247 g/mol. The molecule has 5 nitrogen and oxygen atoms in total. The Kier molecular flexibility index (Phi) is 4.15. The van der Waals surface area contributed by atoms with Crippen molar-refractivity contribution >= 4 is 0 Å². The van der Waals surface area contributed by atoms with Crippen molar-refractivity contribution in [1.29, 1.82) is 0 Å². The minimum Gasteiger partial charge on any atom is -0.338 e. The summed E-state index contributed by atoms with van der Waals surface area (Å²) in [6.45, 7) is 6.86. The fourth-order valence-electron chi connectivity index (χ4n) is 2.07. The van der Waals surface area contributed by atoms with Gasteiger partial charge in [0.2, 0.25) is 0 Å². The molecule has 0 aromatic carbocycles. The molecule has 0 spiro atoms. The Labute approximate surface area is 108 Å². The molecule has 0 atom stereocenters. The second kappa shape index (κ2) is 5.82. The number of rotatable bonds is 6. The van der Waals surface area contributed by atoms with Crippen LogP contribution in [-0.2, 0) is 26.6 Å². The van der Waals surface area contributed by atoms with Gasteiger partial charge in [-0.15, -0.1) is 0 Å². The number of nitrogens with zero attached hydrogens (tertiary/aromatic N) is 4. The van der Waals surface area contributed by atoms with Crippen LogP contribution in [0.5, 0.6) is 0 Å². The lowest BCUT2D eigenvalue weighted by Crippen LogP contribution is -2.20. The Bertz CT molecular complexity index is 497. The molecule has 0 saturated carbocycles. The number of hydrogen-bond donors (Lipinski definition) is 1. The lowest BCUT2D eigenvalue weighted by atomic mass is 10.3. The van der Waals surface area contributed by atoms with Crippen molar-refractivity contribution in [2.75, 3.05) is 6.54 Å². The molecule has 0 aliphatic carbocycles. The minimum absolute atomic E-state index is 0.860. The van der Waals surface area contributed by atoms with Gasteiger partial charge in [-0.25, -0.2) is 4.98 Å². The Morgan fingerprint density at radius 1 is 1.39 bits per heavy atom. The predicted molar refractivity (Wildman–Crippen MR) is 71.3 cm³/mol. The van der Waals surface area contributed by atoms with E-state index < -0.39 is 0 Å². The average molecular weight is 247 g/mol. The smallest absolute Gasteiger partial charge is 0.109 e. The maximum Gasteiger partial charge on any atom is 0.109 e. The van der Waals surface area contributed by atoms with Gasteiger partial charge in [0.25, 0.3) is 0 Å². The van der Waals surface area contributed by atoms with Crippen molar-refractivity contribution in [3.8, 4) is 0 Å². The first-order valence-corrected chi connectivity index (χ1v) is 6.41. The summed E-state index contributed by atoms with van der Waals surface area (Å²) in [7, 11) is 2.03. The quantitative estimate of drug-likeness (QED) is 0.782. The van der Waals surface area contributed by atoms with E-state index >= 15 is 0 Å². The molecule has 2 aromatic heterocycles. The van der Waals surface area contributed by atoms with Gasteiger partial charge >= 0.3 is 0 Å². The Morgan fingerprint density at radius 3 is 2.89 bits per heavy atom. The van der Waals surface area contributed by atoms with Crippen molar-refractivity contribution in [3.63, 3.8) is 0 Å². The third-order valence-electron chi connectivity index (χ3n) is 3.04. The molecule has 98 valence electrons. The number of nitrogens with one attached hydrogen (secondary N) is 1. The van der Waals surface area contributed by atoms with Crippen LogP contribution in [0.1, 0.15) is 24.1 Å². The highest BCUT2D eigenvalue weighted by Crippen LogP contribution is 2.03. The van der Waals surface area contributed by atoms with Crippen LogP contribution in [0.2, 0.25) is 0 Å². The Morgan fingerprint density at radius 2 is 2.22 bits per heavy atom. The molecule has 0 radical (unpaired) electrons. The molecule has 0 unspecified atom stereocenters. The van der Waals surface area contributed by atoms with Gasteiger partial charge in [-0.1, -0.05) is 0 Å². The van der Waals surface area contributed by atoms with Gasteiger partial charge in [0.05, 0.1) is 11.4 Å². The van der Waals surface area contributed by atoms with E-state index in [0.29, 0.717) is 0 Å². The predicted octanol–water partition coefficient (Wildman–Crippen LogP) is 1.28. The highest BCUT2D eigenvalue weighted by atomic mass is 15.3. The zero-order valence-corrected chi connectivity index (χ0v) is 11.3. The summed E-state index contributed by atoms with van der Waals surface area (Å²) in [5, 5.41) is 7.87. The third kappa shape index (κ3) is 2.98. The van der Waals surface area contributed by atoms with E-state index in [-0.39, 0.29) is 0 Å². The number of aromatic nitrogens is 4. The van der Waals surface area contributed by atoms with Crippen LogP contribution < -0.4 is 5.32 Å². The second-order valence-corrected chi connectivity index (χ2v) is 4.47. The zero-order chi connectivity index (χ0) is 13.0. The molecule has 0 bridgehead atoms. The lowest BCUT2D eigenvalue weighted by molar-refractivity contribution is 0.574. The molecule has 2 heterocycles. The van der Waals surface area contributed by atoms with Gasteiger partial charge in [-0.3, -0.25) is 4.68 Å².